The van der Waals surface area contributed by atoms with Gasteiger partial charge >= 0.3 is 5.97 Å². The highest BCUT2D eigenvalue weighted by Gasteiger charge is 2.15. The Morgan fingerprint density at radius 2 is 1.15 bits per heavy atom. The van der Waals surface area contributed by atoms with Gasteiger partial charge in [-0.3, -0.25) is 4.89 Å². The fraction of sp³-hybridized carbons (Fsp3) is 0.548. The van der Waals surface area contributed by atoms with Gasteiger partial charge in [0.15, 0.2) is 0 Å². The molecule has 0 aliphatic carbocycles. The maximum absolute atomic E-state index is 12.9. The number of ether oxygens (including phenoxy) is 2. The van der Waals surface area contributed by atoms with Gasteiger partial charge in [-0.1, -0.05) is 152 Å². The van der Waals surface area contributed by atoms with Crippen LogP contribution in [0.1, 0.15) is 134 Å². The van der Waals surface area contributed by atoms with Crippen LogP contribution in [0.15, 0.2) is 72.8 Å². The summed E-state index contributed by atoms with van der Waals surface area (Å²) >= 11 is 0. The molecule has 3 rings (SSSR count). The van der Waals surface area contributed by atoms with E-state index in [0.29, 0.717) is 12.2 Å². The Labute approximate surface area is 285 Å². The number of rotatable bonds is 26. The van der Waals surface area contributed by atoms with Gasteiger partial charge in [-0.15, -0.1) is 0 Å². The molecule has 0 saturated carbocycles. The van der Waals surface area contributed by atoms with E-state index in [4.69, 9.17) is 19.2 Å². The number of carbonyl (C=O) groups excluding carboxylic acids is 1. The minimum absolute atomic E-state index is 0.150. The van der Waals surface area contributed by atoms with E-state index in [2.05, 4.69) is 38.1 Å². The Morgan fingerprint density at radius 3 is 1.77 bits per heavy atom. The van der Waals surface area contributed by atoms with Crippen molar-refractivity contribution >= 4 is 5.97 Å². The van der Waals surface area contributed by atoms with Crippen molar-refractivity contribution in [3.8, 4) is 28.0 Å². The first-order valence-electron chi connectivity index (χ1n) is 18.5. The molecule has 5 nitrogen and oxygen atoms in total. The van der Waals surface area contributed by atoms with Crippen LogP contribution in [0.25, 0.3) is 22.3 Å². The highest BCUT2D eigenvalue weighted by Crippen LogP contribution is 2.34. The first-order chi connectivity index (χ1) is 23.1. The number of hydrogen-bond donors (Lipinski definition) is 0. The molecule has 0 radical (unpaired) electrons. The fourth-order valence-electron chi connectivity index (χ4n) is 5.74. The number of hydrogen-bond acceptors (Lipinski definition) is 5. The largest absolute Gasteiger partial charge is 0.494 e. The predicted molar refractivity (Wildman–Crippen MR) is 195 cm³/mol. The Hall–Kier alpha value is -3.15. The van der Waals surface area contributed by atoms with E-state index in [0.717, 1.165) is 47.5 Å². The number of unbranched alkanes of at least 4 members (excludes halogenated alkanes) is 14. The topological polar surface area (TPSA) is 54.0 Å². The first-order valence-corrected chi connectivity index (χ1v) is 18.5. The summed E-state index contributed by atoms with van der Waals surface area (Å²) in [5.74, 6) is 0.362. The summed E-state index contributed by atoms with van der Waals surface area (Å²) in [4.78, 5) is 23.4. The van der Waals surface area contributed by atoms with Gasteiger partial charge < -0.3 is 9.47 Å². The quantitative estimate of drug-likeness (QED) is 0.0494. The van der Waals surface area contributed by atoms with Crippen molar-refractivity contribution in [2.45, 2.75) is 130 Å². The number of benzene rings is 3. The van der Waals surface area contributed by atoms with Gasteiger partial charge in [0.05, 0.1) is 18.3 Å². The Kier molecular flexibility index (Phi) is 19.6. The molecule has 0 spiro atoms. The van der Waals surface area contributed by atoms with Crippen LogP contribution in [0.4, 0.5) is 0 Å². The summed E-state index contributed by atoms with van der Waals surface area (Å²) in [6.07, 6.45) is 20.3. The zero-order valence-electron chi connectivity index (χ0n) is 29.5. The van der Waals surface area contributed by atoms with Crippen LogP contribution < -0.4 is 4.74 Å². The molecule has 1 unspecified atom stereocenters. The van der Waals surface area contributed by atoms with Crippen LogP contribution in [-0.4, -0.2) is 31.9 Å². The van der Waals surface area contributed by atoms with Crippen molar-refractivity contribution in [1.29, 1.82) is 0 Å². The van der Waals surface area contributed by atoms with E-state index in [1.165, 1.54) is 89.9 Å². The summed E-state index contributed by atoms with van der Waals surface area (Å²) in [5, 5.41) is 0. The Bertz CT molecular complexity index is 1220. The summed E-state index contributed by atoms with van der Waals surface area (Å²) in [5.41, 5.74) is 4.50. The summed E-state index contributed by atoms with van der Waals surface area (Å²) in [6.45, 7) is 8.06. The Balaban J connectivity index is 1.47. The molecule has 3 aromatic rings. The van der Waals surface area contributed by atoms with Crippen LogP contribution in [0.2, 0.25) is 0 Å². The second-order valence-electron chi connectivity index (χ2n) is 12.8. The van der Waals surface area contributed by atoms with Gasteiger partial charge in [-0.05, 0) is 66.3 Å². The fourth-order valence-corrected chi connectivity index (χ4v) is 5.74. The molecule has 0 aliphatic heterocycles. The molecule has 3 aromatic carbocycles. The molecule has 5 heteroatoms. The van der Waals surface area contributed by atoms with Crippen molar-refractivity contribution in [2.24, 2.45) is 0 Å². The van der Waals surface area contributed by atoms with Gasteiger partial charge in [-0.25, -0.2) is 4.79 Å². The molecule has 0 saturated heterocycles. The number of carbonyl (C=O) groups is 1. The molecular formula is C42H60O5. The van der Waals surface area contributed by atoms with E-state index in [9.17, 15) is 4.79 Å². The zero-order chi connectivity index (χ0) is 33.4. The monoisotopic (exact) mass is 644 g/mol. The molecule has 0 amide bonds. The van der Waals surface area contributed by atoms with E-state index < -0.39 is 5.97 Å². The molecule has 0 heterocycles. The lowest BCUT2D eigenvalue weighted by molar-refractivity contribution is -0.256. The molecule has 0 bridgehead atoms. The lowest BCUT2D eigenvalue weighted by atomic mass is 9.93. The third-order valence-electron chi connectivity index (χ3n) is 8.61. The predicted octanol–water partition coefficient (Wildman–Crippen LogP) is 12.2. The third-order valence-corrected chi connectivity index (χ3v) is 8.61. The van der Waals surface area contributed by atoms with Gasteiger partial charge in [0, 0.05) is 6.61 Å². The molecule has 258 valence electrons. The Morgan fingerprint density at radius 1 is 0.596 bits per heavy atom. The molecule has 47 heavy (non-hydrogen) atoms. The second kappa shape index (κ2) is 24.1. The van der Waals surface area contributed by atoms with E-state index in [-0.39, 0.29) is 12.7 Å². The van der Waals surface area contributed by atoms with Gasteiger partial charge in [0.2, 0.25) is 0 Å². The standard InChI is InChI=1S/C42H60O5/c1-4-6-8-10-12-13-14-15-17-22-32-45-39-28-25-37(26-29-39)40-30-27-38(33-41(40)36-23-19-18-20-24-36)42(43)47-46-34-35(3)44-31-21-16-11-9-7-5-2/h18-20,23-30,33,35H,4-17,21-22,31-32,34H2,1-3H3. The van der Waals surface area contributed by atoms with E-state index in [1.807, 2.05) is 49.4 Å². The smallest absolute Gasteiger partial charge is 0.373 e. The van der Waals surface area contributed by atoms with Crippen molar-refractivity contribution in [3.63, 3.8) is 0 Å². The lowest BCUT2D eigenvalue weighted by Crippen LogP contribution is -2.18. The van der Waals surface area contributed by atoms with Crippen LogP contribution in [-0.2, 0) is 14.5 Å². The molecule has 1 atom stereocenters. The van der Waals surface area contributed by atoms with Crippen LogP contribution >= 0.6 is 0 Å². The lowest BCUT2D eigenvalue weighted by Gasteiger charge is -2.14. The van der Waals surface area contributed by atoms with Crippen LogP contribution in [0, 0.1) is 0 Å². The summed E-state index contributed by atoms with van der Waals surface area (Å²) in [7, 11) is 0. The van der Waals surface area contributed by atoms with Crippen molar-refractivity contribution in [2.75, 3.05) is 19.8 Å². The highest BCUT2D eigenvalue weighted by atomic mass is 17.2. The molecule has 0 aliphatic rings. The first kappa shape index (κ1) is 38.3. The van der Waals surface area contributed by atoms with Gasteiger partial charge in [0.25, 0.3) is 0 Å². The maximum Gasteiger partial charge on any atom is 0.373 e. The molecule has 0 aromatic heterocycles. The van der Waals surface area contributed by atoms with Crippen LogP contribution in [0.5, 0.6) is 5.75 Å². The average molecular weight is 645 g/mol. The maximum atomic E-state index is 12.9. The van der Waals surface area contributed by atoms with Crippen molar-refractivity contribution < 1.29 is 24.0 Å². The molecule has 0 N–H and O–H groups in total. The van der Waals surface area contributed by atoms with Gasteiger partial charge in [0.1, 0.15) is 12.4 Å². The second-order valence-corrected chi connectivity index (χ2v) is 12.8. The molecular weight excluding hydrogens is 584 g/mol. The minimum atomic E-state index is -0.521. The van der Waals surface area contributed by atoms with E-state index >= 15 is 0 Å². The minimum Gasteiger partial charge on any atom is -0.494 e. The average Bonchev–Trinajstić information content (AvgIpc) is 3.10. The van der Waals surface area contributed by atoms with Crippen molar-refractivity contribution in [3.05, 3.63) is 78.4 Å². The zero-order valence-corrected chi connectivity index (χ0v) is 29.5. The highest BCUT2D eigenvalue weighted by molar-refractivity contribution is 5.94. The summed E-state index contributed by atoms with van der Waals surface area (Å²) in [6, 6.07) is 24.0. The molecule has 0 fully saturated rings. The third kappa shape index (κ3) is 15.5. The van der Waals surface area contributed by atoms with E-state index in [1.54, 1.807) is 6.07 Å². The van der Waals surface area contributed by atoms with Crippen LogP contribution in [0.3, 0.4) is 0 Å². The van der Waals surface area contributed by atoms with Gasteiger partial charge in [-0.2, -0.15) is 4.89 Å². The SMILES string of the molecule is CCCCCCCCCCCCOc1ccc(-c2ccc(C(=O)OOCC(C)OCCCCCCCC)cc2-c2ccccc2)cc1. The summed E-state index contributed by atoms with van der Waals surface area (Å²) < 4.78 is 11.9. The van der Waals surface area contributed by atoms with Crippen molar-refractivity contribution in [1.82, 2.24) is 0 Å². The normalized spacial score (nSPS) is 11.8.